The summed E-state index contributed by atoms with van der Waals surface area (Å²) in [5.41, 5.74) is 1.65. The van der Waals surface area contributed by atoms with E-state index in [1.165, 1.54) is 6.20 Å². The van der Waals surface area contributed by atoms with Gasteiger partial charge < -0.3 is 10.1 Å². The van der Waals surface area contributed by atoms with Gasteiger partial charge in [-0.05, 0) is 24.3 Å². The molecule has 0 aliphatic carbocycles. The SMILES string of the molecule is O=C(Nc1c(Cl)ccnc1OCc1ccccc1Cl)c1ccccc1. The van der Waals surface area contributed by atoms with Crippen molar-refractivity contribution in [2.24, 2.45) is 0 Å². The van der Waals surface area contributed by atoms with E-state index in [1.54, 1.807) is 36.4 Å². The van der Waals surface area contributed by atoms with Gasteiger partial charge in [-0.2, -0.15) is 0 Å². The number of aromatic nitrogens is 1. The van der Waals surface area contributed by atoms with Crippen molar-refractivity contribution in [1.29, 1.82) is 0 Å². The fourth-order valence-corrected chi connectivity index (χ4v) is 2.55. The van der Waals surface area contributed by atoms with Gasteiger partial charge in [0.2, 0.25) is 5.88 Å². The maximum absolute atomic E-state index is 12.4. The Morgan fingerprint density at radius 1 is 0.960 bits per heavy atom. The van der Waals surface area contributed by atoms with Crippen molar-refractivity contribution in [3.63, 3.8) is 0 Å². The van der Waals surface area contributed by atoms with Gasteiger partial charge >= 0.3 is 0 Å². The van der Waals surface area contributed by atoms with Crippen LogP contribution in [-0.2, 0) is 6.61 Å². The van der Waals surface area contributed by atoms with Crippen LogP contribution in [0.25, 0.3) is 0 Å². The van der Waals surface area contributed by atoms with Crippen molar-refractivity contribution in [3.8, 4) is 5.88 Å². The predicted octanol–water partition coefficient (Wildman–Crippen LogP) is 5.22. The second-order valence-electron chi connectivity index (χ2n) is 5.17. The smallest absolute Gasteiger partial charge is 0.255 e. The molecule has 6 heteroatoms. The fraction of sp³-hybridized carbons (Fsp3) is 0.0526. The Labute approximate surface area is 155 Å². The lowest BCUT2D eigenvalue weighted by molar-refractivity contribution is 0.102. The predicted molar refractivity (Wildman–Crippen MR) is 99.4 cm³/mol. The van der Waals surface area contributed by atoms with E-state index in [4.69, 9.17) is 27.9 Å². The average Bonchev–Trinajstić information content (AvgIpc) is 2.64. The molecule has 0 aliphatic rings. The van der Waals surface area contributed by atoms with E-state index in [0.717, 1.165) is 5.56 Å². The van der Waals surface area contributed by atoms with Crippen molar-refractivity contribution in [2.75, 3.05) is 5.32 Å². The van der Waals surface area contributed by atoms with Crippen molar-refractivity contribution < 1.29 is 9.53 Å². The van der Waals surface area contributed by atoms with Crippen LogP contribution in [0.1, 0.15) is 15.9 Å². The normalized spacial score (nSPS) is 10.3. The maximum atomic E-state index is 12.4. The lowest BCUT2D eigenvalue weighted by Crippen LogP contribution is -2.13. The summed E-state index contributed by atoms with van der Waals surface area (Å²) in [6, 6.07) is 17.8. The van der Waals surface area contributed by atoms with Gasteiger partial charge in [0.05, 0.1) is 5.02 Å². The third-order valence-electron chi connectivity index (χ3n) is 3.46. The third-order valence-corrected chi connectivity index (χ3v) is 4.15. The van der Waals surface area contributed by atoms with Gasteiger partial charge in [0, 0.05) is 22.3 Å². The molecule has 4 nitrogen and oxygen atoms in total. The topological polar surface area (TPSA) is 51.2 Å². The molecule has 0 fully saturated rings. The van der Waals surface area contributed by atoms with Crippen LogP contribution < -0.4 is 10.1 Å². The van der Waals surface area contributed by atoms with Gasteiger partial charge in [-0.25, -0.2) is 4.98 Å². The lowest BCUT2D eigenvalue weighted by Gasteiger charge is -2.13. The highest BCUT2D eigenvalue weighted by molar-refractivity contribution is 6.34. The summed E-state index contributed by atoms with van der Waals surface area (Å²) in [6.07, 6.45) is 1.52. The Balaban J connectivity index is 1.80. The summed E-state index contributed by atoms with van der Waals surface area (Å²) in [6.45, 7) is 0.210. The van der Waals surface area contributed by atoms with Crippen LogP contribution in [0, 0.1) is 0 Å². The molecule has 0 spiro atoms. The van der Waals surface area contributed by atoms with Crippen LogP contribution in [0.2, 0.25) is 10.0 Å². The van der Waals surface area contributed by atoms with Crippen molar-refractivity contribution in [1.82, 2.24) is 4.98 Å². The van der Waals surface area contributed by atoms with Crippen molar-refractivity contribution in [3.05, 3.63) is 88.0 Å². The highest BCUT2D eigenvalue weighted by Gasteiger charge is 2.15. The minimum absolute atomic E-state index is 0.210. The number of amides is 1. The zero-order valence-corrected chi connectivity index (χ0v) is 14.6. The summed E-state index contributed by atoms with van der Waals surface area (Å²) < 4.78 is 5.73. The molecule has 2 aromatic carbocycles. The number of rotatable bonds is 5. The molecule has 1 amide bonds. The summed E-state index contributed by atoms with van der Waals surface area (Å²) in [7, 11) is 0. The number of halogens is 2. The van der Waals surface area contributed by atoms with Crippen LogP contribution in [0.5, 0.6) is 5.88 Å². The minimum Gasteiger partial charge on any atom is -0.471 e. The highest BCUT2D eigenvalue weighted by Crippen LogP contribution is 2.31. The van der Waals surface area contributed by atoms with Crippen LogP contribution in [0.4, 0.5) is 5.69 Å². The van der Waals surface area contributed by atoms with E-state index < -0.39 is 0 Å². The molecule has 126 valence electrons. The van der Waals surface area contributed by atoms with E-state index >= 15 is 0 Å². The van der Waals surface area contributed by atoms with Crippen LogP contribution in [0.3, 0.4) is 0 Å². The zero-order valence-electron chi connectivity index (χ0n) is 13.1. The molecule has 0 saturated carbocycles. The summed E-state index contributed by atoms with van der Waals surface area (Å²) in [5.74, 6) is -0.0604. The highest BCUT2D eigenvalue weighted by atomic mass is 35.5. The van der Waals surface area contributed by atoms with E-state index in [-0.39, 0.29) is 18.4 Å². The molecule has 25 heavy (non-hydrogen) atoms. The number of anilines is 1. The Morgan fingerprint density at radius 2 is 1.68 bits per heavy atom. The molecule has 0 saturated heterocycles. The number of carbonyl (C=O) groups excluding carboxylic acids is 1. The lowest BCUT2D eigenvalue weighted by atomic mass is 10.2. The van der Waals surface area contributed by atoms with Gasteiger partial charge in [0.1, 0.15) is 12.3 Å². The number of pyridine rings is 1. The molecule has 3 rings (SSSR count). The summed E-state index contributed by atoms with van der Waals surface area (Å²) >= 11 is 12.3. The molecule has 1 N–H and O–H groups in total. The largest absolute Gasteiger partial charge is 0.471 e. The van der Waals surface area contributed by atoms with Gasteiger partial charge in [-0.3, -0.25) is 4.79 Å². The first-order valence-corrected chi connectivity index (χ1v) is 8.28. The molecule has 1 aromatic heterocycles. The Hall–Kier alpha value is -2.56. The molecule has 0 radical (unpaired) electrons. The summed E-state index contributed by atoms with van der Waals surface area (Å²) in [4.78, 5) is 16.5. The van der Waals surface area contributed by atoms with Crippen LogP contribution in [-0.4, -0.2) is 10.9 Å². The van der Waals surface area contributed by atoms with E-state index in [0.29, 0.717) is 21.3 Å². The number of ether oxygens (including phenoxy) is 1. The molecule has 0 bridgehead atoms. The molecular formula is C19H14Cl2N2O2. The molecule has 3 aromatic rings. The van der Waals surface area contributed by atoms with Gasteiger partial charge in [0.25, 0.3) is 5.91 Å². The number of benzene rings is 2. The first kappa shape index (κ1) is 17.3. The standard InChI is InChI=1S/C19H14Cl2N2O2/c20-15-9-5-4-8-14(15)12-25-19-17(16(21)10-11-22-19)23-18(24)13-6-2-1-3-7-13/h1-11H,12H2,(H,23,24). The van der Waals surface area contributed by atoms with Crippen LogP contribution in [0.15, 0.2) is 66.9 Å². The summed E-state index contributed by atoms with van der Waals surface area (Å²) in [5, 5.41) is 3.69. The van der Waals surface area contributed by atoms with Gasteiger partial charge in [-0.1, -0.05) is 59.6 Å². The number of carbonyl (C=O) groups is 1. The van der Waals surface area contributed by atoms with E-state index in [9.17, 15) is 4.79 Å². The Morgan fingerprint density at radius 3 is 2.44 bits per heavy atom. The first-order chi connectivity index (χ1) is 12.1. The zero-order chi connectivity index (χ0) is 17.6. The molecule has 0 atom stereocenters. The average molecular weight is 373 g/mol. The Bertz CT molecular complexity index is 886. The molecule has 0 unspecified atom stereocenters. The quantitative estimate of drug-likeness (QED) is 0.667. The monoisotopic (exact) mass is 372 g/mol. The van der Waals surface area contributed by atoms with Crippen LogP contribution >= 0.6 is 23.2 Å². The second-order valence-corrected chi connectivity index (χ2v) is 5.99. The molecule has 1 heterocycles. The Kier molecular flexibility index (Phi) is 5.53. The van der Waals surface area contributed by atoms with Gasteiger partial charge in [0.15, 0.2) is 0 Å². The number of hydrogen-bond donors (Lipinski definition) is 1. The second kappa shape index (κ2) is 8.01. The maximum Gasteiger partial charge on any atom is 0.255 e. The molecule has 0 aliphatic heterocycles. The fourth-order valence-electron chi connectivity index (χ4n) is 2.18. The van der Waals surface area contributed by atoms with Gasteiger partial charge in [-0.15, -0.1) is 0 Å². The first-order valence-electron chi connectivity index (χ1n) is 7.52. The van der Waals surface area contributed by atoms with E-state index in [1.807, 2.05) is 24.3 Å². The van der Waals surface area contributed by atoms with Crippen molar-refractivity contribution in [2.45, 2.75) is 6.61 Å². The molecular weight excluding hydrogens is 359 g/mol. The van der Waals surface area contributed by atoms with E-state index in [2.05, 4.69) is 10.3 Å². The number of nitrogens with one attached hydrogen (secondary N) is 1. The third kappa shape index (κ3) is 4.29. The number of nitrogens with zero attached hydrogens (tertiary/aromatic N) is 1. The minimum atomic E-state index is -0.293. The van der Waals surface area contributed by atoms with Crippen molar-refractivity contribution >= 4 is 34.8 Å². The number of hydrogen-bond acceptors (Lipinski definition) is 3.